The van der Waals surface area contributed by atoms with Gasteiger partial charge in [0.25, 0.3) is 0 Å². The molecule has 9 nitrogen and oxygen atoms in total. The Balaban J connectivity index is 1.35. The predicted molar refractivity (Wildman–Crippen MR) is 147 cm³/mol. The van der Waals surface area contributed by atoms with Crippen molar-refractivity contribution in [1.29, 1.82) is 0 Å². The van der Waals surface area contributed by atoms with Crippen LogP contribution in [-0.4, -0.2) is 48.7 Å². The van der Waals surface area contributed by atoms with Gasteiger partial charge in [-0.25, -0.2) is 9.97 Å². The monoisotopic (exact) mass is 493 g/mol. The molecule has 0 bridgehead atoms. The van der Waals surface area contributed by atoms with Gasteiger partial charge in [-0.15, -0.1) is 0 Å². The van der Waals surface area contributed by atoms with Crippen LogP contribution in [0.1, 0.15) is 43.7 Å². The van der Waals surface area contributed by atoms with Crippen LogP contribution in [0.15, 0.2) is 60.9 Å². The molecule has 0 saturated carbocycles. The van der Waals surface area contributed by atoms with Crippen LogP contribution in [-0.2, 0) is 6.54 Å². The summed E-state index contributed by atoms with van der Waals surface area (Å²) in [6.07, 6.45) is 5.65. The summed E-state index contributed by atoms with van der Waals surface area (Å²) in [7, 11) is 0. The fourth-order valence-corrected chi connectivity index (χ4v) is 4.81. The van der Waals surface area contributed by atoms with Crippen LogP contribution >= 0.6 is 0 Å². The molecule has 37 heavy (non-hydrogen) atoms. The summed E-state index contributed by atoms with van der Waals surface area (Å²) in [4.78, 5) is 21.5. The van der Waals surface area contributed by atoms with Crippen LogP contribution in [0.5, 0.6) is 0 Å². The number of nitrogens with zero attached hydrogens (tertiary/aromatic N) is 7. The van der Waals surface area contributed by atoms with Gasteiger partial charge in [0.15, 0.2) is 11.5 Å². The van der Waals surface area contributed by atoms with E-state index in [2.05, 4.69) is 46.3 Å². The van der Waals surface area contributed by atoms with Gasteiger partial charge >= 0.3 is 0 Å². The van der Waals surface area contributed by atoms with Crippen molar-refractivity contribution in [3.05, 3.63) is 72.1 Å². The van der Waals surface area contributed by atoms with Crippen LogP contribution in [0.2, 0.25) is 0 Å². The number of nitrogens with one attached hydrogen (secondary N) is 1. The maximum atomic E-state index is 6.14. The van der Waals surface area contributed by atoms with Crippen molar-refractivity contribution in [2.24, 2.45) is 5.73 Å². The number of para-hydroxylation sites is 1. The second-order valence-corrected chi connectivity index (χ2v) is 9.92. The smallest absolute Gasteiger partial charge is 0.230 e. The van der Waals surface area contributed by atoms with Crippen LogP contribution in [0, 0.1) is 0 Å². The van der Waals surface area contributed by atoms with Crippen molar-refractivity contribution >= 4 is 28.4 Å². The average Bonchev–Trinajstić information content (AvgIpc) is 3.37. The molecule has 0 amide bonds. The number of rotatable bonds is 6. The Kier molecular flexibility index (Phi) is 6.13. The lowest BCUT2D eigenvalue weighted by molar-refractivity contribution is 0.495. The number of hydrogen-bond acceptors (Lipinski definition) is 8. The van der Waals surface area contributed by atoms with E-state index < -0.39 is 0 Å². The first-order chi connectivity index (χ1) is 18.1. The number of aromatic nitrogens is 6. The lowest BCUT2D eigenvalue weighted by Gasteiger charge is -2.30. The summed E-state index contributed by atoms with van der Waals surface area (Å²) in [5, 5.41) is 9.19. The molecule has 2 aromatic carbocycles. The average molecular weight is 494 g/mol. The molecule has 5 aromatic rings. The molecule has 1 aliphatic rings. The van der Waals surface area contributed by atoms with E-state index in [0.717, 1.165) is 65.1 Å². The molecule has 9 heteroatoms. The van der Waals surface area contributed by atoms with E-state index in [-0.39, 0.29) is 6.04 Å². The van der Waals surface area contributed by atoms with E-state index in [0.29, 0.717) is 24.2 Å². The second-order valence-electron chi connectivity index (χ2n) is 9.92. The summed E-state index contributed by atoms with van der Waals surface area (Å²) in [6.45, 7) is 6.56. The molecule has 6 rings (SSSR count). The van der Waals surface area contributed by atoms with Crippen LogP contribution in [0.25, 0.3) is 27.9 Å². The maximum Gasteiger partial charge on any atom is 0.230 e. The fraction of sp³-hybridized carbons (Fsp3) is 0.321. The summed E-state index contributed by atoms with van der Waals surface area (Å²) >= 11 is 0. The normalized spacial score (nSPS) is 14.6. The van der Waals surface area contributed by atoms with Crippen molar-refractivity contribution in [2.75, 3.05) is 23.3 Å². The highest BCUT2D eigenvalue weighted by molar-refractivity contribution is 5.79. The molecule has 0 spiro atoms. The van der Waals surface area contributed by atoms with Gasteiger partial charge in [-0.2, -0.15) is 19.6 Å². The molecule has 1 fully saturated rings. The summed E-state index contributed by atoms with van der Waals surface area (Å²) in [6, 6.07) is 16.5. The van der Waals surface area contributed by atoms with Gasteiger partial charge in [0, 0.05) is 48.4 Å². The number of nitrogens with two attached hydrogens (primary N) is 1. The molecule has 1 aliphatic heterocycles. The number of fused-ring (bicyclic) bond motifs is 2. The topological polar surface area (TPSA) is 110 Å². The summed E-state index contributed by atoms with van der Waals surface area (Å²) in [5.74, 6) is 2.38. The SMILES string of the molecule is CC(C)c1cnn2c(NCc3ccccc3-c3ncc4ccccc4n3)nc(N3CCC(N)CC3)nc12. The second kappa shape index (κ2) is 9.74. The minimum Gasteiger partial charge on any atom is -0.350 e. The van der Waals surface area contributed by atoms with Crippen molar-refractivity contribution in [1.82, 2.24) is 29.5 Å². The highest BCUT2D eigenvalue weighted by Crippen LogP contribution is 2.26. The van der Waals surface area contributed by atoms with Crippen LogP contribution in [0.4, 0.5) is 11.9 Å². The molecule has 3 aromatic heterocycles. The maximum absolute atomic E-state index is 6.14. The van der Waals surface area contributed by atoms with Gasteiger partial charge in [-0.05, 0) is 30.4 Å². The number of piperidine rings is 1. The van der Waals surface area contributed by atoms with Crippen molar-refractivity contribution in [3.8, 4) is 11.4 Å². The highest BCUT2D eigenvalue weighted by atomic mass is 15.4. The molecular weight excluding hydrogens is 462 g/mol. The molecule has 0 atom stereocenters. The quantitative estimate of drug-likeness (QED) is 0.358. The Bertz CT molecular complexity index is 1550. The third-order valence-corrected chi connectivity index (χ3v) is 7.01. The van der Waals surface area contributed by atoms with Crippen molar-refractivity contribution < 1.29 is 0 Å². The van der Waals surface area contributed by atoms with Crippen molar-refractivity contribution in [3.63, 3.8) is 0 Å². The Morgan fingerprint density at radius 1 is 0.973 bits per heavy atom. The Hall–Kier alpha value is -4.11. The standard InChI is InChI=1S/C28H31N9/c1-18(2)23-17-32-37-26(23)34-28(36-13-11-21(29)12-14-36)35-27(37)31-15-19-7-3-5-9-22(19)25-30-16-20-8-4-6-10-24(20)33-25/h3-10,16-18,21H,11-15,29H2,1-2H3,(H,31,34,35). The van der Waals surface area contributed by atoms with Crippen LogP contribution in [0.3, 0.4) is 0 Å². The third kappa shape index (κ3) is 4.58. The van der Waals surface area contributed by atoms with Gasteiger partial charge in [0.1, 0.15) is 0 Å². The van der Waals surface area contributed by atoms with E-state index >= 15 is 0 Å². The first kappa shape index (κ1) is 23.3. The van der Waals surface area contributed by atoms with Crippen molar-refractivity contribution in [2.45, 2.75) is 45.2 Å². The van der Waals surface area contributed by atoms with Gasteiger partial charge in [-0.1, -0.05) is 56.3 Å². The van der Waals surface area contributed by atoms with Gasteiger partial charge in [0.2, 0.25) is 11.9 Å². The zero-order valence-electron chi connectivity index (χ0n) is 21.2. The molecule has 0 unspecified atom stereocenters. The lowest BCUT2D eigenvalue weighted by atomic mass is 10.1. The van der Waals surface area contributed by atoms with E-state index in [1.807, 2.05) is 53.3 Å². The van der Waals surface area contributed by atoms with E-state index in [1.54, 1.807) is 0 Å². The third-order valence-electron chi connectivity index (χ3n) is 7.01. The first-order valence-corrected chi connectivity index (χ1v) is 12.9. The van der Waals surface area contributed by atoms with Gasteiger partial charge in [0.05, 0.1) is 11.7 Å². The Morgan fingerprint density at radius 2 is 1.76 bits per heavy atom. The van der Waals surface area contributed by atoms with E-state index in [4.69, 9.17) is 20.7 Å². The highest BCUT2D eigenvalue weighted by Gasteiger charge is 2.22. The van der Waals surface area contributed by atoms with E-state index in [9.17, 15) is 0 Å². The zero-order chi connectivity index (χ0) is 25.4. The van der Waals surface area contributed by atoms with Gasteiger partial charge in [-0.3, -0.25) is 0 Å². The molecule has 188 valence electrons. The molecule has 3 N–H and O–H groups in total. The zero-order valence-corrected chi connectivity index (χ0v) is 21.2. The largest absolute Gasteiger partial charge is 0.350 e. The predicted octanol–water partition coefficient (Wildman–Crippen LogP) is 4.40. The number of benzene rings is 2. The fourth-order valence-electron chi connectivity index (χ4n) is 4.81. The molecule has 1 saturated heterocycles. The Morgan fingerprint density at radius 3 is 2.59 bits per heavy atom. The summed E-state index contributed by atoms with van der Waals surface area (Å²) < 4.78 is 1.81. The Labute approximate surface area is 215 Å². The minimum atomic E-state index is 0.243. The molecule has 4 heterocycles. The molecule has 0 aliphatic carbocycles. The van der Waals surface area contributed by atoms with E-state index in [1.165, 1.54) is 0 Å². The molecular formula is C28H31N9. The molecule has 0 radical (unpaired) electrons. The first-order valence-electron chi connectivity index (χ1n) is 12.9. The minimum absolute atomic E-state index is 0.243. The lowest BCUT2D eigenvalue weighted by Crippen LogP contribution is -2.40. The van der Waals surface area contributed by atoms with Crippen LogP contribution < -0.4 is 16.0 Å². The van der Waals surface area contributed by atoms with Gasteiger partial charge < -0.3 is 16.0 Å². The summed E-state index contributed by atoms with van der Waals surface area (Å²) in [5.41, 5.74) is 11.1. The number of hydrogen-bond donors (Lipinski definition) is 2. The number of anilines is 2.